The molecule has 1 aliphatic rings. The number of hydrogen-bond donors (Lipinski definition) is 1. The highest BCUT2D eigenvalue weighted by atomic mass is 35.5. The molecule has 1 amide bonds. The van der Waals surface area contributed by atoms with Gasteiger partial charge in [0.1, 0.15) is 0 Å². The van der Waals surface area contributed by atoms with Gasteiger partial charge in [0.05, 0.1) is 0 Å². The monoisotopic (exact) mass is 204 g/mol. The first-order valence-electron chi connectivity index (χ1n) is 3.00. The lowest BCUT2D eigenvalue weighted by Crippen LogP contribution is -2.51. The van der Waals surface area contributed by atoms with E-state index in [9.17, 15) is 18.0 Å². The maximum Gasteiger partial charge on any atom is 0.413 e. The van der Waals surface area contributed by atoms with Crippen LogP contribution in [0.15, 0.2) is 0 Å². The predicted octanol–water partition coefficient (Wildman–Crippen LogP) is 0.835. The summed E-state index contributed by atoms with van der Waals surface area (Å²) in [6, 6.07) is 0. The molecule has 0 aromatic heterocycles. The molecule has 7 heteroatoms. The first-order chi connectivity index (χ1) is 4.94. The highest BCUT2D eigenvalue weighted by Crippen LogP contribution is 2.51. The van der Waals surface area contributed by atoms with E-state index < -0.39 is 11.7 Å². The van der Waals surface area contributed by atoms with E-state index in [1.807, 2.05) is 0 Å². The van der Waals surface area contributed by atoms with E-state index in [0.717, 1.165) is 0 Å². The predicted molar refractivity (Wildman–Crippen MR) is 37.4 cm³/mol. The van der Waals surface area contributed by atoms with E-state index in [1.54, 1.807) is 0 Å². The topological polar surface area (TPSA) is 46.3 Å². The van der Waals surface area contributed by atoms with Crippen LogP contribution >= 0.6 is 12.4 Å². The molecule has 0 spiro atoms. The number of halogens is 4. The van der Waals surface area contributed by atoms with E-state index in [0.29, 0.717) is 0 Å². The van der Waals surface area contributed by atoms with Crippen LogP contribution in [0.2, 0.25) is 0 Å². The number of carbonyl (C=O) groups is 1. The van der Waals surface area contributed by atoms with E-state index in [4.69, 9.17) is 5.84 Å². The van der Waals surface area contributed by atoms with Gasteiger partial charge in [-0.3, -0.25) is 9.80 Å². The van der Waals surface area contributed by atoms with Crippen molar-refractivity contribution in [2.24, 2.45) is 5.84 Å². The van der Waals surface area contributed by atoms with Gasteiger partial charge in [0.25, 0.3) is 0 Å². The van der Waals surface area contributed by atoms with Crippen LogP contribution in [0.4, 0.5) is 13.2 Å². The van der Waals surface area contributed by atoms with E-state index in [1.165, 1.54) is 0 Å². The van der Waals surface area contributed by atoms with Gasteiger partial charge in [-0.25, -0.2) is 5.84 Å². The third-order valence-electron chi connectivity index (χ3n) is 1.86. The fraction of sp³-hybridized carbons (Fsp3) is 0.800. The molecule has 0 atom stereocenters. The van der Waals surface area contributed by atoms with Crippen molar-refractivity contribution in [2.45, 2.75) is 24.6 Å². The van der Waals surface area contributed by atoms with Crippen LogP contribution in [0.1, 0.15) is 12.8 Å². The van der Waals surface area contributed by atoms with Gasteiger partial charge in [-0.2, -0.15) is 13.2 Å². The standard InChI is InChI=1S/C5H7F3N2O.ClH/c6-5(7,8)4(1-2-4)10(9)3-11;/h3H,1-2,9H2;1H. The van der Waals surface area contributed by atoms with Crippen molar-refractivity contribution < 1.29 is 18.0 Å². The molecule has 0 aromatic carbocycles. The summed E-state index contributed by atoms with van der Waals surface area (Å²) in [5.74, 6) is 4.84. The third-order valence-corrected chi connectivity index (χ3v) is 1.86. The summed E-state index contributed by atoms with van der Waals surface area (Å²) in [6.45, 7) is 0. The van der Waals surface area contributed by atoms with Crippen molar-refractivity contribution in [1.82, 2.24) is 5.01 Å². The molecule has 0 unspecified atom stereocenters. The second kappa shape index (κ2) is 3.10. The van der Waals surface area contributed by atoms with E-state index in [2.05, 4.69) is 0 Å². The van der Waals surface area contributed by atoms with Gasteiger partial charge >= 0.3 is 6.18 Å². The van der Waals surface area contributed by atoms with Gasteiger partial charge in [-0.1, -0.05) is 0 Å². The Bertz CT molecular complexity index is 180. The average molecular weight is 205 g/mol. The Balaban J connectivity index is 0.00000121. The lowest BCUT2D eigenvalue weighted by atomic mass is 10.2. The molecule has 1 fully saturated rings. The van der Waals surface area contributed by atoms with Crippen LogP contribution in [-0.4, -0.2) is 23.1 Å². The van der Waals surface area contributed by atoms with Crippen LogP contribution in [0.5, 0.6) is 0 Å². The number of amides is 1. The van der Waals surface area contributed by atoms with Gasteiger partial charge in [0, 0.05) is 0 Å². The van der Waals surface area contributed by atoms with Crippen LogP contribution in [0.25, 0.3) is 0 Å². The quantitative estimate of drug-likeness (QED) is 0.314. The molecule has 0 aliphatic heterocycles. The third kappa shape index (κ3) is 1.49. The molecular formula is C5H8ClF3N2O. The second-order valence-electron chi connectivity index (χ2n) is 2.54. The molecule has 0 aromatic rings. The van der Waals surface area contributed by atoms with Gasteiger partial charge in [0.2, 0.25) is 6.41 Å². The molecule has 0 heterocycles. The van der Waals surface area contributed by atoms with Crippen molar-refractivity contribution in [3.63, 3.8) is 0 Å². The molecule has 1 rings (SSSR count). The zero-order chi connectivity index (χ0) is 8.70. The smallest absolute Gasteiger partial charge is 0.277 e. The maximum absolute atomic E-state index is 12.1. The Morgan fingerprint density at radius 2 is 1.83 bits per heavy atom. The SMILES string of the molecule is Cl.NN(C=O)C1(C(F)(F)F)CC1. The lowest BCUT2D eigenvalue weighted by Gasteiger charge is -2.25. The van der Waals surface area contributed by atoms with Gasteiger partial charge < -0.3 is 0 Å². The Morgan fingerprint density at radius 1 is 1.42 bits per heavy atom. The summed E-state index contributed by atoms with van der Waals surface area (Å²) in [7, 11) is 0. The van der Waals surface area contributed by atoms with Crippen LogP contribution in [-0.2, 0) is 4.79 Å². The fourth-order valence-electron chi connectivity index (χ4n) is 0.907. The Kier molecular flexibility index (Phi) is 2.97. The van der Waals surface area contributed by atoms with Gasteiger partial charge in [-0.05, 0) is 12.8 Å². The summed E-state index contributed by atoms with van der Waals surface area (Å²) in [4.78, 5) is 9.94. The first kappa shape index (κ1) is 11.5. The normalized spacial score (nSPS) is 19.3. The number of carbonyl (C=O) groups excluding carboxylic acids is 1. The second-order valence-corrected chi connectivity index (χ2v) is 2.54. The number of hydrogen-bond acceptors (Lipinski definition) is 2. The Labute approximate surface area is 73.1 Å². The molecule has 1 aliphatic carbocycles. The molecule has 3 nitrogen and oxygen atoms in total. The van der Waals surface area contributed by atoms with Crippen LogP contribution < -0.4 is 5.84 Å². The first-order valence-corrected chi connectivity index (χ1v) is 3.00. The summed E-state index contributed by atoms with van der Waals surface area (Å²) < 4.78 is 36.2. The van der Waals surface area contributed by atoms with Crippen LogP contribution in [0.3, 0.4) is 0 Å². The maximum atomic E-state index is 12.1. The number of nitrogens with two attached hydrogens (primary N) is 1. The van der Waals surface area contributed by atoms with Crippen molar-refractivity contribution in [2.75, 3.05) is 0 Å². The largest absolute Gasteiger partial charge is 0.413 e. The average Bonchev–Trinajstić information content (AvgIpc) is 2.63. The number of nitrogens with zero attached hydrogens (tertiary/aromatic N) is 1. The zero-order valence-corrected chi connectivity index (χ0v) is 6.78. The highest BCUT2D eigenvalue weighted by molar-refractivity contribution is 5.85. The highest BCUT2D eigenvalue weighted by Gasteiger charge is 2.66. The summed E-state index contributed by atoms with van der Waals surface area (Å²) in [5, 5.41) is 0.201. The summed E-state index contributed by atoms with van der Waals surface area (Å²) >= 11 is 0. The lowest BCUT2D eigenvalue weighted by molar-refractivity contribution is -0.196. The fourth-order valence-corrected chi connectivity index (χ4v) is 0.907. The minimum Gasteiger partial charge on any atom is -0.277 e. The van der Waals surface area contributed by atoms with Gasteiger partial charge in [0.15, 0.2) is 5.54 Å². The van der Waals surface area contributed by atoms with Crippen LogP contribution in [0, 0.1) is 0 Å². The number of rotatable bonds is 2. The molecule has 0 saturated heterocycles. The Hall–Kier alpha value is -0.490. The number of alkyl halides is 3. The van der Waals surface area contributed by atoms with Crippen molar-refractivity contribution in [3.8, 4) is 0 Å². The molecule has 0 radical (unpaired) electrons. The minimum absolute atomic E-state index is 0. The number of hydrazine groups is 1. The summed E-state index contributed by atoms with van der Waals surface area (Å²) in [5.41, 5.74) is -2.06. The van der Waals surface area contributed by atoms with Crippen molar-refractivity contribution in [1.29, 1.82) is 0 Å². The van der Waals surface area contributed by atoms with E-state index >= 15 is 0 Å². The molecule has 0 bridgehead atoms. The molecule has 12 heavy (non-hydrogen) atoms. The molecule has 1 saturated carbocycles. The summed E-state index contributed by atoms with van der Waals surface area (Å²) in [6.07, 6.45) is -4.58. The molecule has 2 N–H and O–H groups in total. The van der Waals surface area contributed by atoms with Crippen molar-refractivity contribution in [3.05, 3.63) is 0 Å². The zero-order valence-electron chi connectivity index (χ0n) is 5.97. The Morgan fingerprint density at radius 3 is 1.92 bits per heavy atom. The molecule has 72 valence electrons. The van der Waals surface area contributed by atoms with Crippen molar-refractivity contribution >= 4 is 18.8 Å². The molecular weight excluding hydrogens is 197 g/mol. The van der Waals surface area contributed by atoms with Gasteiger partial charge in [-0.15, -0.1) is 12.4 Å². The minimum atomic E-state index is -4.40. The van der Waals surface area contributed by atoms with E-state index in [-0.39, 0.29) is 36.7 Å².